The predicted molar refractivity (Wildman–Crippen MR) is 125 cm³/mol. The van der Waals surface area contributed by atoms with Crippen LogP contribution in [0, 0.1) is 0 Å². The van der Waals surface area contributed by atoms with Gasteiger partial charge in [-0.3, -0.25) is 4.79 Å². The van der Waals surface area contributed by atoms with Crippen LogP contribution in [0.4, 0.5) is 5.82 Å². The average Bonchev–Trinajstić information content (AvgIpc) is 2.88. The molecule has 3 aromatic rings. The largest absolute Gasteiger partial charge is 0.452 e. The summed E-state index contributed by atoms with van der Waals surface area (Å²) in [5.74, 6) is -0.143. The smallest absolute Gasteiger partial charge is 0.340 e. The molecule has 170 valence electrons. The van der Waals surface area contributed by atoms with E-state index in [1.54, 1.807) is 12.1 Å². The highest BCUT2D eigenvalue weighted by molar-refractivity contribution is 5.91. The lowest BCUT2D eigenvalue weighted by Gasteiger charge is -2.27. The van der Waals surface area contributed by atoms with E-state index in [4.69, 9.17) is 9.47 Å². The fraction of sp³-hybridized carbons (Fsp3) is 0.269. The Morgan fingerprint density at radius 3 is 2.33 bits per heavy atom. The lowest BCUT2D eigenvalue weighted by molar-refractivity contribution is -0.125. The van der Waals surface area contributed by atoms with Crippen molar-refractivity contribution in [1.82, 2.24) is 10.3 Å². The number of carbonyl (C=O) groups excluding carboxylic acids is 2. The number of hydrogen-bond donors (Lipinski definition) is 1. The van der Waals surface area contributed by atoms with Gasteiger partial charge >= 0.3 is 5.97 Å². The number of aromatic nitrogens is 1. The first kappa shape index (κ1) is 22.5. The van der Waals surface area contributed by atoms with Gasteiger partial charge < -0.3 is 19.7 Å². The monoisotopic (exact) mass is 445 g/mol. The van der Waals surface area contributed by atoms with Gasteiger partial charge in [-0.05, 0) is 29.7 Å². The summed E-state index contributed by atoms with van der Waals surface area (Å²) in [6, 6.07) is 22.9. The SMILES string of the molecule is O=C(COC(=O)c1ccc(N2CCOCC2)nc1)NC(Cc1ccccc1)c1ccccc1. The van der Waals surface area contributed by atoms with Gasteiger partial charge in [-0.15, -0.1) is 0 Å². The quantitative estimate of drug-likeness (QED) is 0.537. The zero-order chi connectivity index (χ0) is 22.9. The maximum Gasteiger partial charge on any atom is 0.340 e. The van der Waals surface area contributed by atoms with Crippen molar-refractivity contribution < 1.29 is 19.1 Å². The predicted octanol–water partition coefficient (Wildman–Crippen LogP) is 3.18. The molecule has 33 heavy (non-hydrogen) atoms. The minimum Gasteiger partial charge on any atom is -0.452 e. The number of ether oxygens (including phenoxy) is 2. The molecule has 1 saturated heterocycles. The standard InChI is InChI=1S/C26H27N3O4/c30-25(28-23(21-9-5-2-6-10-21)17-20-7-3-1-4-8-20)19-33-26(31)22-11-12-24(27-18-22)29-13-15-32-16-14-29/h1-12,18,23H,13-17,19H2,(H,28,30). The molecule has 1 unspecified atom stereocenters. The van der Waals surface area contributed by atoms with Gasteiger partial charge in [0.05, 0.1) is 24.8 Å². The number of hydrogen-bond acceptors (Lipinski definition) is 6. The number of amides is 1. The van der Waals surface area contributed by atoms with Crippen LogP contribution < -0.4 is 10.2 Å². The van der Waals surface area contributed by atoms with Crippen LogP contribution in [0.5, 0.6) is 0 Å². The van der Waals surface area contributed by atoms with E-state index in [-0.39, 0.29) is 18.6 Å². The Bertz CT molecular complexity index is 1040. The number of esters is 1. The third kappa shape index (κ3) is 6.40. The summed E-state index contributed by atoms with van der Waals surface area (Å²) >= 11 is 0. The first-order valence-electron chi connectivity index (χ1n) is 11.0. The summed E-state index contributed by atoms with van der Waals surface area (Å²) in [7, 11) is 0. The van der Waals surface area contributed by atoms with E-state index in [0.29, 0.717) is 25.2 Å². The molecule has 1 amide bonds. The summed E-state index contributed by atoms with van der Waals surface area (Å²) in [5.41, 5.74) is 2.41. The second-order valence-electron chi connectivity index (χ2n) is 7.80. The second-order valence-corrected chi connectivity index (χ2v) is 7.80. The zero-order valence-electron chi connectivity index (χ0n) is 18.4. The molecular weight excluding hydrogens is 418 g/mol. The molecule has 2 heterocycles. The summed E-state index contributed by atoms with van der Waals surface area (Å²) < 4.78 is 10.6. The van der Waals surface area contributed by atoms with Gasteiger partial charge in [0.2, 0.25) is 0 Å². The first-order valence-corrected chi connectivity index (χ1v) is 11.0. The summed E-state index contributed by atoms with van der Waals surface area (Å²) in [6.45, 7) is 2.50. The summed E-state index contributed by atoms with van der Waals surface area (Å²) in [5, 5.41) is 2.99. The number of benzene rings is 2. The zero-order valence-corrected chi connectivity index (χ0v) is 18.4. The molecule has 1 N–H and O–H groups in total. The Balaban J connectivity index is 1.33. The molecule has 2 aromatic carbocycles. The molecule has 1 aliphatic heterocycles. The average molecular weight is 446 g/mol. The normalized spacial score (nSPS) is 14.4. The van der Waals surface area contributed by atoms with Crippen molar-refractivity contribution in [2.24, 2.45) is 0 Å². The number of morpholine rings is 1. The summed E-state index contributed by atoms with van der Waals surface area (Å²) in [6.07, 6.45) is 2.12. The van der Waals surface area contributed by atoms with E-state index in [1.165, 1.54) is 6.20 Å². The molecule has 7 nitrogen and oxygen atoms in total. The molecule has 1 fully saturated rings. The first-order chi connectivity index (χ1) is 16.2. The molecule has 7 heteroatoms. The number of nitrogens with zero attached hydrogens (tertiary/aromatic N) is 2. The molecule has 0 aliphatic carbocycles. The topological polar surface area (TPSA) is 80.8 Å². The second kappa shape index (κ2) is 11.2. The Kier molecular flexibility index (Phi) is 7.66. The fourth-order valence-corrected chi connectivity index (χ4v) is 3.72. The third-order valence-corrected chi connectivity index (χ3v) is 5.47. The highest BCUT2D eigenvalue weighted by Crippen LogP contribution is 2.18. The van der Waals surface area contributed by atoms with Crippen molar-refractivity contribution >= 4 is 17.7 Å². The van der Waals surface area contributed by atoms with Gasteiger partial charge in [-0.25, -0.2) is 9.78 Å². The molecular formula is C26H27N3O4. The van der Waals surface area contributed by atoms with Crippen LogP contribution >= 0.6 is 0 Å². The van der Waals surface area contributed by atoms with Crippen molar-refractivity contribution in [3.63, 3.8) is 0 Å². The number of nitrogens with one attached hydrogen (secondary N) is 1. The van der Waals surface area contributed by atoms with Gasteiger partial charge in [0.1, 0.15) is 5.82 Å². The minimum absolute atomic E-state index is 0.228. The van der Waals surface area contributed by atoms with Crippen LogP contribution in [0.3, 0.4) is 0 Å². The van der Waals surface area contributed by atoms with Crippen molar-refractivity contribution in [2.45, 2.75) is 12.5 Å². The molecule has 1 atom stereocenters. The highest BCUT2D eigenvalue weighted by Gasteiger charge is 2.18. The van der Waals surface area contributed by atoms with Crippen molar-refractivity contribution in [3.8, 4) is 0 Å². The van der Waals surface area contributed by atoms with Gasteiger partial charge in [-0.1, -0.05) is 60.7 Å². The van der Waals surface area contributed by atoms with E-state index >= 15 is 0 Å². The van der Waals surface area contributed by atoms with Crippen LogP contribution in [-0.2, 0) is 20.7 Å². The maximum atomic E-state index is 12.6. The van der Waals surface area contributed by atoms with Crippen molar-refractivity contribution in [3.05, 3.63) is 95.7 Å². The van der Waals surface area contributed by atoms with Crippen LogP contribution in [0.25, 0.3) is 0 Å². The van der Waals surface area contributed by atoms with Gasteiger partial charge in [0, 0.05) is 19.3 Å². The summed E-state index contributed by atoms with van der Waals surface area (Å²) in [4.78, 5) is 31.5. The molecule has 1 aromatic heterocycles. The molecule has 0 bridgehead atoms. The van der Waals surface area contributed by atoms with Gasteiger partial charge in [0.15, 0.2) is 6.61 Å². The van der Waals surface area contributed by atoms with E-state index < -0.39 is 5.97 Å². The molecule has 4 rings (SSSR count). The van der Waals surface area contributed by atoms with Crippen molar-refractivity contribution in [2.75, 3.05) is 37.8 Å². The number of rotatable bonds is 8. The molecule has 1 aliphatic rings. The minimum atomic E-state index is -0.578. The Morgan fingerprint density at radius 1 is 0.970 bits per heavy atom. The van der Waals surface area contributed by atoms with Gasteiger partial charge in [0.25, 0.3) is 5.91 Å². The van der Waals surface area contributed by atoms with E-state index in [0.717, 1.165) is 30.0 Å². The van der Waals surface area contributed by atoms with E-state index in [9.17, 15) is 9.59 Å². The third-order valence-electron chi connectivity index (χ3n) is 5.47. The van der Waals surface area contributed by atoms with E-state index in [2.05, 4.69) is 15.2 Å². The lowest BCUT2D eigenvalue weighted by Crippen LogP contribution is -2.36. The van der Waals surface area contributed by atoms with Crippen LogP contribution in [0.1, 0.15) is 27.5 Å². The van der Waals surface area contributed by atoms with Crippen molar-refractivity contribution in [1.29, 1.82) is 0 Å². The molecule has 0 spiro atoms. The Morgan fingerprint density at radius 2 is 1.67 bits per heavy atom. The Hall–Kier alpha value is -3.71. The van der Waals surface area contributed by atoms with Crippen LogP contribution in [0.15, 0.2) is 79.0 Å². The fourth-order valence-electron chi connectivity index (χ4n) is 3.72. The lowest BCUT2D eigenvalue weighted by atomic mass is 9.99. The molecule has 0 saturated carbocycles. The maximum absolute atomic E-state index is 12.6. The number of carbonyl (C=O) groups is 2. The number of pyridine rings is 1. The number of anilines is 1. The Labute approximate surface area is 193 Å². The van der Waals surface area contributed by atoms with Gasteiger partial charge in [-0.2, -0.15) is 0 Å². The highest BCUT2D eigenvalue weighted by atomic mass is 16.5. The van der Waals surface area contributed by atoms with Crippen LogP contribution in [-0.4, -0.2) is 49.8 Å². The van der Waals surface area contributed by atoms with Crippen LogP contribution in [0.2, 0.25) is 0 Å². The van der Waals surface area contributed by atoms with E-state index in [1.807, 2.05) is 60.7 Å². The molecule has 0 radical (unpaired) electrons.